The third-order valence-corrected chi connectivity index (χ3v) is 4.84. The molecule has 0 bridgehead atoms. The summed E-state index contributed by atoms with van der Waals surface area (Å²) in [5, 5.41) is 12.1. The highest BCUT2D eigenvalue weighted by Crippen LogP contribution is 2.29. The van der Waals surface area contributed by atoms with E-state index in [1.807, 2.05) is 38.1 Å². The minimum absolute atomic E-state index is 0.0541. The molecule has 5 heteroatoms. The molecule has 0 aliphatic heterocycles. The van der Waals surface area contributed by atoms with Crippen LogP contribution in [0.15, 0.2) is 24.3 Å². The average molecular weight is 347 g/mol. The van der Waals surface area contributed by atoms with E-state index in [9.17, 15) is 9.59 Å². The monoisotopic (exact) mass is 347 g/mol. The lowest BCUT2D eigenvalue weighted by Crippen LogP contribution is -2.44. The molecule has 1 amide bonds. The van der Waals surface area contributed by atoms with E-state index in [0.29, 0.717) is 25.4 Å². The molecule has 2 rings (SSSR count). The smallest absolute Gasteiger partial charge is 0.306 e. The second-order valence-corrected chi connectivity index (χ2v) is 7.87. The van der Waals surface area contributed by atoms with Crippen molar-refractivity contribution in [2.75, 3.05) is 6.61 Å². The van der Waals surface area contributed by atoms with Crippen LogP contribution in [-0.4, -0.2) is 29.6 Å². The summed E-state index contributed by atoms with van der Waals surface area (Å²) in [5.41, 5.74) is 0.229. The lowest BCUT2D eigenvalue weighted by molar-refractivity contribution is -0.141. The normalized spacial score (nSPS) is 20.5. The van der Waals surface area contributed by atoms with Gasteiger partial charge in [0.2, 0.25) is 5.91 Å². The predicted molar refractivity (Wildman–Crippen MR) is 96.7 cm³/mol. The maximum absolute atomic E-state index is 12.7. The molecule has 0 saturated heterocycles. The number of hydrogen-bond donors (Lipinski definition) is 2. The van der Waals surface area contributed by atoms with Crippen molar-refractivity contribution >= 4 is 11.9 Å². The summed E-state index contributed by atoms with van der Waals surface area (Å²) < 4.78 is 5.68. The maximum Gasteiger partial charge on any atom is 0.306 e. The fraction of sp³-hybridized carbons (Fsp3) is 0.600. The first-order valence-electron chi connectivity index (χ1n) is 8.97. The van der Waals surface area contributed by atoms with E-state index in [1.54, 1.807) is 0 Å². The number of carboxylic acid groups (broad SMARTS) is 1. The molecule has 0 aromatic heterocycles. The number of benzene rings is 1. The molecule has 25 heavy (non-hydrogen) atoms. The number of ether oxygens (including phenoxy) is 1. The van der Waals surface area contributed by atoms with Crippen LogP contribution >= 0.6 is 0 Å². The molecule has 0 heterocycles. The Labute approximate surface area is 149 Å². The minimum Gasteiger partial charge on any atom is -0.493 e. The van der Waals surface area contributed by atoms with Crippen molar-refractivity contribution in [2.24, 2.45) is 11.8 Å². The lowest BCUT2D eigenvalue weighted by Gasteiger charge is -2.26. The molecule has 1 saturated carbocycles. The molecular weight excluding hydrogens is 318 g/mol. The number of carboxylic acids is 1. The molecule has 0 spiro atoms. The van der Waals surface area contributed by atoms with Gasteiger partial charge in [0.05, 0.1) is 17.9 Å². The van der Waals surface area contributed by atoms with Crippen molar-refractivity contribution in [2.45, 2.75) is 58.4 Å². The summed E-state index contributed by atoms with van der Waals surface area (Å²) in [5.74, 6) is 0.0786. The molecule has 1 aromatic carbocycles. The standard InChI is InChI=1S/C20H29NO4/c1-13(2)12-25-17-9-6-15(7-10-17)20(3,4)19(24)21-16-8-5-14(11-16)18(22)23/h6-7,9-10,13-14,16H,5,8,11-12H2,1-4H3,(H,21,24)(H,22,23)/t14-,16+/m0/s1. The fourth-order valence-electron chi connectivity index (χ4n) is 3.06. The van der Waals surface area contributed by atoms with Crippen LogP contribution in [0.1, 0.15) is 52.5 Å². The average Bonchev–Trinajstić information content (AvgIpc) is 3.02. The third kappa shape index (κ3) is 4.97. The van der Waals surface area contributed by atoms with Gasteiger partial charge in [-0.1, -0.05) is 26.0 Å². The molecule has 138 valence electrons. The number of hydrogen-bond acceptors (Lipinski definition) is 3. The van der Waals surface area contributed by atoms with Gasteiger partial charge in [-0.15, -0.1) is 0 Å². The van der Waals surface area contributed by atoms with E-state index >= 15 is 0 Å². The van der Waals surface area contributed by atoms with E-state index in [4.69, 9.17) is 9.84 Å². The van der Waals surface area contributed by atoms with Gasteiger partial charge in [0.1, 0.15) is 5.75 Å². The largest absolute Gasteiger partial charge is 0.493 e. The van der Waals surface area contributed by atoms with E-state index in [0.717, 1.165) is 17.7 Å². The van der Waals surface area contributed by atoms with Gasteiger partial charge in [-0.3, -0.25) is 9.59 Å². The topological polar surface area (TPSA) is 75.6 Å². The summed E-state index contributed by atoms with van der Waals surface area (Å²) in [7, 11) is 0. The first kappa shape index (κ1) is 19.3. The highest BCUT2D eigenvalue weighted by atomic mass is 16.5. The minimum atomic E-state index is -0.770. The zero-order chi connectivity index (χ0) is 18.6. The zero-order valence-electron chi connectivity index (χ0n) is 15.5. The Morgan fingerprint density at radius 3 is 2.40 bits per heavy atom. The Morgan fingerprint density at radius 1 is 1.24 bits per heavy atom. The van der Waals surface area contributed by atoms with Gasteiger partial charge in [0, 0.05) is 6.04 Å². The summed E-state index contributed by atoms with van der Waals surface area (Å²) >= 11 is 0. The van der Waals surface area contributed by atoms with Gasteiger partial charge < -0.3 is 15.2 Å². The first-order valence-corrected chi connectivity index (χ1v) is 8.97. The van der Waals surface area contributed by atoms with E-state index < -0.39 is 11.4 Å². The molecule has 1 aromatic rings. The third-order valence-electron chi connectivity index (χ3n) is 4.84. The summed E-state index contributed by atoms with van der Waals surface area (Å²) in [6, 6.07) is 7.57. The molecule has 2 N–H and O–H groups in total. The van der Waals surface area contributed by atoms with Gasteiger partial charge >= 0.3 is 5.97 Å². The van der Waals surface area contributed by atoms with Crippen molar-refractivity contribution in [3.63, 3.8) is 0 Å². The van der Waals surface area contributed by atoms with Crippen LogP contribution in [0.4, 0.5) is 0 Å². The molecule has 1 fully saturated rings. The van der Waals surface area contributed by atoms with Crippen LogP contribution in [0, 0.1) is 11.8 Å². The Bertz CT molecular complexity index is 607. The second-order valence-electron chi connectivity index (χ2n) is 7.87. The molecule has 5 nitrogen and oxygen atoms in total. The number of carbonyl (C=O) groups excluding carboxylic acids is 1. The summed E-state index contributed by atoms with van der Waals surface area (Å²) in [4.78, 5) is 23.8. The van der Waals surface area contributed by atoms with Gasteiger partial charge in [-0.2, -0.15) is 0 Å². The Morgan fingerprint density at radius 2 is 1.88 bits per heavy atom. The molecule has 0 unspecified atom stereocenters. The summed E-state index contributed by atoms with van der Waals surface area (Å²) in [6.07, 6.45) is 1.86. The highest BCUT2D eigenvalue weighted by molar-refractivity contribution is 5.87. The Kier molecular flexibility index (Phi) is 6.09. The number of amides is 1. The Balaban J connectivity index is 1.97. The molecule has 1 aliphatic rings. The van der Waals surface area contributed by atoms with Crippen LogP contribution in [0.25, 0.3) is 0 Å². The van der Waals surface area contributed by atoms with Crippen LogP contribution in [0.5, 0.6) is 5.75 Å². The molecular formula is C20H29NO4. The second kappa shape index (κ2) is 7.89. The fourth-order valence-corrected chi connectivity index (χ4v) is 3.06. The van der Waals surface area contributed by atoms with Crippen LogP contribution in [0.2, 0.25) is 0 Å². The molecule has 0 radical (unpaired) electrons. The lowest BCUT2D eigenvalue weighted by atomic mass is 9.83. The summed E-state index contributed by atoms with van der Waals surface area (Å²) in [6.45, 7) is 8.63. The van der Waals surface area contributed by atoms with Gasteiger partial charge in [-0.05, 0) is 56.7 Å². The quantitative estimate of drug-likeness (QED) is 0.793. The number of nitrogens with one attached hydrogen (secondary N) is 1. The number of carbonyl (C=O) groups is 2. The van der Waals surface area contributed by atoms with Crippen molar-refractivity contribution < 1.29 is 19.4 Å². The maximum atomic E-state index is 12.7. The van der Waals surface area contributed by atoms with Crippen molar-refractivity contribution in [3.8, 4) is 5.75 Å². The molecule has 2 atom stereocenters. The van der Waals surface area contributed by atoms with E-state index in [-0.39, 0.29) is 17.9 Å². The van der Waals surface area contributed by atoms with E-state index in [2.05, 4.69) is 19.2 Å². The van der Waals surface area contributed by atoms with E-state index in [1.165, 1.54) is 0 Å². The van der Waals surface area contributed by atoms with Gasteiger partial charge in [0.25, 0.3) is 0 Å². The van der Waals surface area contributed by atoms with Gasteiger partial charge in [-0.25, -0.2) is 0 Å². The zero-order valence-corrected chi connectivity index (χ0v) is 15.5. The van der Waals surface area contributed by atoms with Gasteiger partial charge in [0.15, 0.2) is 0 Å². The Hall–Kier alpha value is -2.04. The number of aliphatic carboxylic acids is 1. The molecule has 1 aliphatic carbocycles. The van der Waals surface area contributed by atoms with Crippen LogP contribution in [0.3, 0.4) is 0 Å². The van der Waals surface area contributed by atoms with Crippen LogP contribution in [-0.2, 0) is 15.0 Å². The van der Waals surface area contributed by atoms with Crippen LogP contribution < -0.4 is 10.1 Å². The SMILES string of the molecule is CC(C)COc1ccc(C(C)(C)C(=O)N[C@@H]2CC[C@H](C(=O)O)C2)cc1. The number of rotatable bonds is 7. The highest BCUT2D eigenvalue weighted by Gasteiger charge is 2.35. The van der Waals surface area contributed by atoms with Crippen molar-refractivity contribution in [1.29, 1.82) is 0 Å². The van der Waals surface area contributed by atoms with Crippen molar-refractivity contribution in [3.05, 3.63) is 29.8 Å². The van der Waals surface area contributed by atoms with Crippen molar-refractivity contribution in [1.82, 2.24) is 5.32 Å². The first-order chi connectivity index (χ1) is 11.7. The predicted octanol–water partition coefficient (Wildman–Crippen LogP) is 3.37.